The normalized spacial score (nSPS) is 18.9. The molecule has 6 heteroatoms. The van der Waals surface area contributed by atoms with Crippen LogP contribution in [0.1, 0.15) is 37.6 Å². The fourth-order valence-corrected chi connectivity index (χ4v) is 3.23. The highest BCUT2D eigenvalue weighted by Crippen LogP contribution is 2.25. The van der Waals surface area contributed by atoms with Crippen LogP contribution in [0.15, 0.2) is 0 Å². The highest BCUT2D eigenvalue weighted by molar-refractivity contribution is 5.58. The molecule has 1 aromatic heterocycles. The Balaban J connectivity index is 2.22. The number of nitrogens with zero attached hydrogens (tertiary/aromatic N) is 5. The fourth-order valence-electron chi connectivity index (χ4n) is 3.23. The van der Waals surface area contributed by atoms with Crippen LogP contribution < -0.4 is 4.90 Å². The van der Waals surface area contributed by atoms with E-state index in [2.05, 4.69) is 46.8 Å². The largest absolute Gasteiger partial charge is 0.383 e. The first-order chi connectivity index (χ1) is 11.2. The van der Waals surface area contributed by atoms with Crippen molar-refractivity contribution in [2.75, 3.05) is 44.8 Å². The Bertz CT molecular complexity index is 569. The van der Waals surface area contributed by atoms with Gasteiger partial charge in [0.15, 0.2) is 5.82 Å². The Morgan fingerprint density at radius 2 is 2.04 bits per heavy atom. The number of hydrogen-bond donors (Lipinski definition) is 0. The lowest BCUT2D eigenvalue weighted by Crippen LogP contribution is -2.53. The summed E-state index contributed by atoms with van der Waals surface area (Å²) in [4.78, 5) is 4.62. The summed E-state index contributed by atoms with van der Waals surface area (Å²) in [5.74, 6) is 0.750. The maximum absolute atomic E-state index is 9.64. The van der Waals surface area contributed by atoms with Crippen LogP contribution in [0.5, 0.6) is 0 Å². The second-order valence-corrected chi connectivity index (χ2v) is 5.97. The molecule has 0 radical (unpaired) electrons. The van der Waals surface area contributed by atoms with E-state index >= 15 is 0 Å². The number of aromatic nitrogens is 2. The number of ether oxygens (including phenoxy) is 1. The molecule has 0 spiro atoms. The first kappa shape index (κ1) is 17.6. The van der Waals surface area contributed by atoms with Gasteiger partial charge < -0.3 is 9.64 Å². The quantitative estimate of drug-likeness (QED) is 0.794. The molecule has 2 rings (SSSR count). The number of hydrogen-bond acceptors (Lipinski definition) is 6. The van der Waals surface area contributed by atoms with Gasteiger partial charge in [0.2, 0.25) is 0 Å². The molecule has 23 heavy (non-hydrogen) atoms. The predicted octanol–water partition coefficient (Wildman–Crippen LogP) is 1.63. The third-order valence-corrected chi connectivity index (χ3v) is 4.59. The number of rotatable bonds is 6. The molecule has 6 nitrogen and oxygen atoms in total. The monoisotopic (exact) mass is 317 g/mol. The minimum absolute atomic E-state index is 0.406. The summed E-state index contributed by atoms with van der Waals surface area (Å²) in [7, 11) is 1.73. The molecule has 0 bridgehead atoms. The summed E-state index contributed by atoms with van der Waals surface area (Å²) in [6.07, 6.45) is 1.63. The number of piperazine rings is 1. The van der Waals surface area contributed by atoms with Gasteiger partial charge in [0.05, 0.1) is 12.3 Å². The zero-order valence-corrected chi connectivity index (χ0v) is 14.7. The van der Waals surface area contributed by atoms with Crippen LogP contribution in [0.25, 0.3) is 0 Å². The Morgan fingerprint density at radius 3 is 2.61 bits per heavy atom. The van der Waals surface area contributed by atoms with Crippen LogP contribution in [0.4, 0.5) is 5.82 Å². The van der Waals surface area contributed by atoms with Crippen LogP contribution in [0.2, 0.25) is 0 Å². The van der Waals surface area contributed by atoms with Gasteiger partial charge in [0.25, 0.3) is 0 Å². The van der Waals surface area contributed by atoms with E-state index in [-0.39, 0.29) is 0 Å². The average molecular weight is 317 g/mol. The van der Waals surface area contributed by atoms with E-state index in [0.29, 0.717) is 11.6 Å². The summed E-state index contributed by atoms with van der Waals surface area (Å²) >= 11 is 0. The van der Waals surface area contributed by atoms with Gasteiger partial charge >= 0.3 is 0 Å². The summed E-state index contributed by atoms with van der Waals surface area (Å²) in [5.41, 5.74) is 2.70. The van der Waals surface area contributed by atoms with Crippen molar-refractivity contribution in [1.29, 1.82) is 5.26 Å². The lowest BCUT2D eigenvalue weighted by atomic mass is 10.0. The highest BCUT2D eigenvalue weighted by atomic mass is 16.5. The van der Waals surface area contributed by atoms with E-state index in [1.165, 1.54) is 0 Å². The lowest BCUT2D eigenvalue weighted by molar-refractivity contribution is 0.117. The molecular formula is C17H27N5O. The molecule has 0 aliphatic carbocycles. The van der Waals surface area contributed by atoms with Gasteiger partial charge in [-0.1, -0.05) is 13.8 Å². The van der Waals surface area contributed by atoms with Crippen molar-refractivity contribution in [3.63, 3.8) is 0 Å². The molecule has 0 N–H and O–H groups in total. The van der Waals surface area contributed by atoms with Crippen molar-refractivity contribution in [1.82, 2.24) is 15.1 Å². The van der Waals surface area contributed by atoms with Crippen molar-refractivity contribution in [3.8, 4) is 6.07 Å². The maximum Gasteiger partial charge on any atom is 0.169 e. The number of aryl methyl sites for hydroxylation is 1. The topological polar surface area (TPSA) is 65.3 Å². The van der Waals surface area contributed by atoms with Gasteiger partial charge in [0, 0.05) is 39.3 Å². The molecule has 1 aromatic rings. The second kappa shape index (κ2) is 8.23. The number of nitriles is 1. The van der Waals surface area contributed by atoms with Crippen molar-refractivity contribution >= 4 is 5.82 Å². The SMILES string of the molecule is CCc1nnc(N2CCN(CCOC)C(C)C2)c(C#N)c1CC. The average Bonchev–Trinajstić information content (AvgIpc) is 2.59. The maximum atomic E-state index is 9.64. The van der Waals surface area contributed by atoms with Crippen molar-refractivity contribution < 1.29 is 4.74 Å². The Labute approximate surface area is 139 Å². The molecule has 0 saturated carbocycles. The molecule has 0 aromatic carbocycles. The molecule has 1 atom stereocenters. The molecule has 2 heterocycles. The Hall–Kier alpha value is -1.71. The molecule has 0 amide bonds. The standard InChI is InChI=1S/C17H27N5O/c1-5-14-15(11-18)17(20-19-16(14)6-2)22-8-7-21(9-10-23-4)13(3)12-22/h13H,5-10,12H2,1-4H3. The van der Waals surface area contributed by atoms with Gasteiger partial charge in [-0.15, -0.1) is 5.10 Å². The van der Waals surface area contributed by atoms with Crippen LogP contribution >= 0.6 is 0 Å². The van der Waals surface area contributed by atoms with E-state index in [9.17, 15) is 5.26 Å². The summed E-state index contributed by atoms with van der Waals surface area (Å²) in [6, 6.07) is 2.78. The van der Waals surface area contributed by atoms with E-state index in [1.54, 1.807) is 7.11 Å². The zero-order valence-electron chi connectivity index (χ0n) is 14.7. The van der Waals surface area contributed by atoms with Gasteiger partial charge in [-0.05, 0) is 25.3 Å². The third-order valence-electron chi connectivity index (χ3n) is 4.59. The van der Waals surface area contributed by atoms with E-state index < -0.39 is 0 Å². The summed E-state index contributed by atoms with van der Waals surface area (Å²) < 4.78 is 5.18. The van der Waals surface area contributed by atoms with E-state index in [4.69, 9.17) is 4.74 Å². The minimum Gasteiger partial charge on any atom is -0.383 e. The first-order valence-electron chi connectivity index (χ1n) is 8.42. The number of methoxy groups -OCH3 is 1. The predicted molar refractivity (Wildman–Crippen MR) is 90.6 cm³/mol. The van der Waals surface area contributed by atoms with Gasteiger partial charge in [-0.3, -0.25) is 4.90 Å². The number of anilines is 1. The van der Waals surface area contributed by atoms with Gasteiger partial charge in [-0.25, -0.2) is 0 Å². The van der Waals surface area contributed by atoms with E-state index in [0.717, 1.165) is 62.7 Å². The third kappa shape index (κ3) is 3.80. The van der Waals surface area contributed by atoms with Crippen molar-refractivity contribution in [2.45, 2.75) is 39.7 Å². The summed E-state index contributed by atoms with van der Waals surface area (Å²) in [6.45, 7) is 10.7. The zero-order chi connectivity index (χ0) is 16.8. The van der Waals surface area contributed by atoms with Crippen LogP contribution in [0.3, 0.4) is 0 Å². The van der Waals surface area contributed by atoms with Crippen molar-refractivity contribution in [3.05, 3.63) is 16.8 Å². The van der Waals surface area contributed by atoms with Crippen LogP contribution in [-0.4, -0.2) is 61.0 Å². The molecule has 1 unspecified atom stereocenters. The second-order valence-electron chi connectivity index (χ2n) is 5.97. The molecule has 1 aliphatic rings. The molecule has 1 aliphatic heterocycles. The van der Waals surface area contributed by atoms with Crippen LogP contribution in [-0.2, 0) is 17.6 Å². The van der Waals surface area contributed by atoms with Gasteiger partial charge in [0.1, 0.15) is 11.6 Å². The molecule has 1 fully saturated rings. The lowest BCUT2D eigenvalue weighted by Gasteiger charge is -2.40. The molecular weight excluding hydrogens is 290 g/mol. The van der Waals surface area contributed by atoms with Gasteiger partial charge in [-0.2, -0.15) is 10.4 Å². The van der Waals surface area contributed by atoms with Crippen LogP contribution in [0, 0.1) is 11.3 Å². The fraction of sp³-hybridized carbons (Fsp3) is 0.706. The van der Waals surface area contributed by atoms with E-state index in [1.807, 2.05) is 0 Å². The Morgan fingerprint density at radius 1 is 1.26 bits per heavy atom. The smallest absolute Gasteiger partial charge is 0.169 e. The van der Waals surface area contributed by atoms with Crippen molar-refractivity contribution in [2.24, 2.45) is 0 Å². The molecule has 126 valence electrons. The summed E-state index contributed by atoms with van der Waals surface area (Å²) in [5, 5.41) is 18.4. The minimum atomic E-state index is 0.406. The Kier molecular flexibility index (Phi) is 6.31. The highest BCUT2D eigenvalue weighted by Gasteiger charge is 2.27. The molecule has 1 saturated heterocycles. The first-order valence-corrected chi connectivity index (χ1v) is 8.42.